The van der Waals surface area contributed by atoms with Crippen LogP contribution < -0.4 is 9.13 Å². The molecule has 4 nitrogen and oxygen atoms in total. The summed E-state index contributed by atoms with van der Waals surface area (Å²) < 4.78 is 7.26. The number of pyridine rings is 2. The zero-order chi connectivity index (χ0) is 27.0. The third kappa shape index (κ3) is 10.5. The quantitative estimate of drug-likeness (QED) is 0.121. The molecule has 0 aliphatic carbocycles. The van der Waals surface area contributed by atoms with E-state index in [2.05, 4.69) is 99.7 Å². The van der Waals surface area contributed by atoms with Crippen LogP contribution in [0.1, 0.15) is 84.8 Å². The zero-order valence-corrected chi connectivity index (χ0v) is 25.4. The van der Waals surface area contributed by atoms with Gasteiger partial charge in [0.05, 0.1) is 52.4 Å². The van der Waals surface area contributed by atoms with E-state index in [4.69, 9.17) is 0 Å². The number of aryl methyl sites for hydroxylation is 4. The van der Waals surface area contributed by atoms with Gasteiger partial charge in [-0.3, -0.25) is 0 Å². The Morgan fingerprint density at radius 2 is 0.784 bits per heavy atom. The van der Waals surface area contributed by atoms with Gasteiger partial charge in [0.2, 0.25) is 0 Å². The number of aromatic nitrogens is 2. The van der Waals surface area contributed by atoms with E-state index in [0.29, 0.717) is 0 Å². The molecule has 0 aromatic carbocycles. The van der Waals surface area contributed by atoms with Crippen LogP contribution >= 0.6 is 0 Å². The average Bonchev–Trinajstić information content (AvgIpc) is 2.95. The van der Waals surface area contributed by atoms with Crippen LogP contribution in [0.15, 0.2) is 49.1 Å². The fraction of sp³-hybridized carbons (Fsp3) is 0.697. The van der Waals surface area contributed by atoms with Gasteiger partial charge < -0.3 is 8.97 Å². The van der Waals surface area contributed by atoms with Crippen molar-refractivity contribution in [1.29, 1.82) is 0 Å². The van der Waals surface area contributed by atoms with Gasteiger partial charge in [0.15, 0.2) is 24.8 Å². The van der Waals surface area contributed by atoms with Crippen LogP contribution in [0.2, 0.25) is 0 Å². The van der Waals surface area contributed by atoms with Crippen LogP contribution in [0.4, 0.5) is 0 Å². The van der Waals surface area contributed by atoms with Gasteiger partial charge >= 0.3 is 0 Å². The van der Waals surface area contributed by atoms with Gasteiger partial charge in [0, 0.05) is 49.9 Å². The van der Waals surface area contributed by atoms with Crippen molar-refractivity contribution < 1.29 is 18.1 Å². The Morgan fingerprint density at radius 1 is 0.459 bits per heavy atom. The summed E-state index contributed by atoms with van der Waals surface area (Å²) >= 11 is 0. The summed E-state index contributed by atoms with van der Waals surface area (Å²) in [4.78, 5) is 0. The minimum Gasteiger partial charge on any atom is -0.324 e. The van der Waals surface area contributed by atoms with E-state index >= 15 is 0 Å². The lowest BCUT2D eigenvalue weighted by atomic mass is 10.1. The number of hydrogen-bond donors (Lipinski definition) is 0. The first-order valence-electron chi connectivity index (χ1n) is 15.6. The number of rotatable bonds is 20. The molecule has 0 saturated carbocycles. The molecule has 0 atom stereocenters. The largest absolute Gasteiger partial charge is 0.324 e. The second-order valence-corrected chi connectivity index (χ2v) is 11.2. The topological polar surface area (TPSA) is 7.76 Å². The van der Waals surface area contributed by atoms with Crippen LogP contribution in [0.25, 0.3) is 0 Å². The molecule has 0 saturated heterocycles. The molecule has 0 bridgehead atoms. The third-order valence-electron chi connectivity index (χ3n) is 9.47. The highest BCUT2D eigenvalue weighted by atomic mass is 15.3. The lowest BCUT2D eigenvalue weighted by molar-refractivity contribution is -0.923. The van der Waals surface area contributed by atoms with Gasteiger partial charge in [-0.05, 0) is 71.9 Å². The summed E-state index contributed by atoms with van der Waals surface area (Å²) in [6.45, 7) is 26.5. The molecule has 2 heterocycles. The van der Waals surface area contributed by atoms with Crippen LogP contribution in [0.3, 0.4) is 0 Å². The van der Waals surface area contributed by atoms with Crippen molar-refractivity contribution in [3.05, 3.63) is 60.2 Å². The summed E-state index contributed by atoms with van der Waals surface area (Å²) in [5, 5.41) is 0. The summed E-state index contributed by atoms with van der Waals surface area (Å²) in [5.41, 5.74) is 2.92. The Balaban J connectivity index is 1.65. The average molecular weight is 513 g/mol. The van der Waals surface area contributed by atoms with E-state index < -0.39 is 0 Å². The van der Waals surface area contributed by atoms with Gasteiger partial charge in [-0.1, -0.05) is 0 Å². The standard InChI is InChI=1S/C33H60N4/c1-7-36(8-2,9-3)30-15-13-24-34-26-20-32(21-27-34)18-17-19-33-22-28-35(29-23-33)25-14-16-31-37(10-4,11-5)12-6/h20-23,26-29H,7-19,24-25,30-31H2,1-6H3/q+4. The molecule has 0 amide bonds. The van der Waals surface area contributed by atoms with Gasteiger partial charge in [-0.15, -0.1) is 0 Å². The van der Waals surface area contributed by atoms with Gasteiger partial charge in [0.1, 0.15) is 13.1 Å². The summed E-state index contributed by atoms with van der Waals surface area (Å²) in [6, 6.07) is 9.30. The first-order valence-corrected chi connectivity index (χ1v) is 15.6. The predicted molar refractivity (Wildman–Crippen MR) is 157 cm³/mol. The Bertz CT molecular complexity index is 748. The normalized spacial score (nSPS) is 12.3. The van der Waals surface area contributed by atoms with Crippen molar-refractivity contribution in [3.63, 3.8) is 0 Å². The van der Waals surface area contributed by atoms with Gasteiger partial charge in [0.25, 0.3) is 0 Å². The minimum absolute atomic E-state index is 1.14. The third-order valence-corrected chi connectivity index (χ3v) is 9.47. The highest BCUT2D eigenvalue weighted by molar-refractivity contribution is 5.10. The van der Waals surface area contributed by atoms with E-state index in [0.717, 1.165) is 25.9 Å². The molecule has 0 radical (unpaired) electrons. The molecule has 0 spiro atoms. The lowest BCUT2D eigenvalue weighted by Crippen LogP contribution is -2.48. The molecular formula is C33H60N4+4. The summed E-state index contributed by atoms with van der Waals surface area (Å²) in [5.74, 6) is 0. The Labute approximate surface area is 230 Å². The molecule has 37 heavy (non-hydrogen) atoms. The summed E-state index contributed by atoms with van der Waals surface area (Å²) in [7, 11) is 0. The monoisotopic (exact) mass is 512 g/mol. The second-order valence-electron chi connectivity index (χ2n) is 11.2. The van der Waals surface area contributed by atoms with Gasteiger partial charge in [-0.2, -0.15) is 0 Å². The first kappa shape index (κ1) is 31.4. The number of nitrogens with zero attached hydrogens (tertiary/aromatic N) is 4. The van der Waals surface area contributed by atoms with Crippen molar-refractivity contribution in [3.8, 4) is 0 Å². The number of unbranched alkanes of at least 4 members (excludes halogenated alkanes) is 2. The maximum atomic E-state index is 2.36. The SMILES string of the molecule is CC[N+](CC)(CC)CCCC[n+]1ccc(CCCc2cc[n+](CCCC[N+](CC)(CC)CC)cc2)cc1. The molecule has 2 rings (SSSR count). The molecule has 4 heteroatoms. The number of quaternary nitrogens is 2. The zero-order valence-electron chi connectivity index (χ0n) is 25.4. The second kappa shape index (κ2) is 16.9. The van der Waals surface area contributed by atoms with Gasteiger partial charge in [-0.25, -0.2) is 9.13 Å². The Morgan fingerprint density at radius 3 is 1.08 bits per heavy atom. The maximum absolute atomic E-state index is 2.36. The highest BCUT2D eigenvalue weighted by Gasteiger charge is 2.21. The molecule has 2 aromatic heterocycles. The molecular weight excluding hydrogens is 452 g/mol. The molecule has 208 valence electrons. The molecule has 0 aliphatic rings. The lowest BCUT2D eigenvalue weighted by Gasteiger charge is -2.35. The molecule has 0 N–H and O–H groups in total. The highest BCUT2D eigenvalue weighted by Crippen LogP contribution is 2.10. The smallest absolute Gasteiger partial charge is 0.169 e. The van der Waals surface area contributed by atoms with E-state index in [1.54, 1.807) is 0 Å². The fourth-order valence-corrected chi connectivity index (χ4v) is 5.88. The molecule has 0 unspecified atom stereocenters. The molecule has 0 fully saturated rings. The number of hydrogen-bond acceptors (Lipinski definition) is 0. The van der Waals surface area contributed by atoms with E-state index in [1.165, 1.54) is 105 Å². The van der Waals surface area contributed by atoms with Crippen LogP contribution in [0.5, 0.6) is 0 Å². The van der Waals surface area contributed by atoms with Crippen molar-refractivity contribution in [2.45, 2.75) is 99.6 Å². The first-order chi connectivity index (χ1) is 18.0. The predicted octanol–water partition coefficient (Wildman–Crippen LogP) is 5.75. The van der Waals surface area contributed by atoms with Crippen molar-refractivity contribution in [2.75, 3.05) is 52.4 Å². The summed E-state index contributed by atoms with van der Waals surface area (Å²) in [6.07, 6.45) is 17.8. The molecule has 0 aliphatic heterocycles. The maximum Gasteiger partial charge on any atom is 0.169 e. The van der Waals surface area contributed by atoms with E-state index in [9.17, 15) is 0 Å². The van der Waals surface area contributed by atoms with E-state index in [-0.39, 0.29) is 0 Å². The van der Waals surface area contributed by atoms with Crippen LogP contribution in [-0.2, 0) is 25.9 Å². The Kier molecular flexibility index (Phi) is 14.4. The van der Waals surface area contributed by atoms with Crippen molar-refractivity contribution in [2.24, 2.45) is 0 Å². The fourth-order valence-electron chi connectivity index (χ4n) is 5.88. The Hall–Kier alpha value is -1.78. The van der Waals surface area contributed by atoms with E-state index in [1.807, 2.05) is 0 Å². The van der Waals surface area contributed by atoms with Crippen molar-refractivity contribution in [1.82, 2.24) is 0 Å². The minimum atomic E-state index is 1.14. The van der Waals surface area contributed by atoms with Crippen molar-refractivity contribution >= 4 is 0 Å². The molecule has 2 aromatic rings. The van der Waals surface area contributed by atoms with Crippen LogP contribution in [-0.4, -0.2) is 61.3 Å². The van der Waals surface area contributed by atoms with Crippen LogP contribution in [0, 0.1) is 0 Å².